The lowest BCUT2D eigenvalue weighted by Gasteiger charge is -2.39. The largest absolute Gasteiger partial charge is 0.464 e. The fourth-order valence-electron chi connectivity index (χ4n) is 5.42. The van der Waals surface area contributed by atoms with Crippen LogP contribution in [-0.2, 0) is 9.53 Å². The molecule has 4 atom stereocenters. The summed E-state index contributed by atoms with van der Waals surface area (Å²) in [6, 6.07) is 9.70. The molecular formula is C24H23Cl2NO2. The van der Waals surface area contributed by atoms with E-state index in [2.05, 4.69) is 36.5 Å². The van der Waals surface area contributed by atoms with Gasteiger partial charge in [-0.05, 0) is 53.8 Å². The molecule has 5 heteroatoms. The van der Waals surface area contributed by atoms with Crippen LogP contribution in [0.15, 0.2) is 30.3 Å². The number of hydrogen-bond acceptors (Lipinski definition) is 3. The fraction of sp³-hybridized carbons (Fsp3) is 0.375. The number of hydrogen-bond donors (Lipinski definition) is 1. The van der Waals surface area contributed by atoms with Gasteiger partial charge in [-0.2, -0.15) is 0 Å². The predicted octanol–water partition coefficient (Wildman–Crippen LogP) is 4.47. The van der Waals surface area contributed by atoms with Gasteiger partial charge in [-0.15, -0.1) is 0 Å². The van der Waals surface area contributed by atoms with Gasteiger partial charge in [-0.3, -0.25) is 0 Å². The Kier molecular flexibility index (Phi) is 4.64. The van der Waals surface area contributed by atoms with Gasteiger partial charge >= 0.3 is 5.97 Å². The lowest BCUT2D eigenvalue weighted by atomic mass is 9.73. The quantitative estimate of drug-likeness (QED) is 0.718. The van der Waals surface area contributed by atoms with Crippen LogP contribution in [0.25, 0.3) is 11.6 Å². The van der Waals surface area contributed by atoms with Gasteiger partial charge in [-0.1, -0.05) is 60.0 Å². The van der Waals surface area contributed by atoms with E-state index in [4.69, 9.17) is 27.9 Å². The second-order valence-corrected chi connectivity index (χ2v) is 9.16. The predicted molar refractivity (Wildman–Crippen MR) is 118 cm³/mol. The van der Waals surface area contributed by atoms with Gasteiger partial charge in [0.15, 0.2) is 0 Å². The first kappa shape index (κ1) is 19.0. The molecule has 1 N–H and O–H groups in total. The summed E-state index contributed by atoms with van der Waals surface area (Å²) in [5.74, 6) is 0.320. The molecule has 0 aromatic heterocycles. The van der Waals surface area contributed by atoms with Gasteiger partial charge in [0.1, 0.15) is 6.04 Å². The first-order valence-corrected chi connectivity index (χ1v) is 11.0. The SMILES string of the molecule is CCOC(=O)C1Nc2cc(Cl)cc(Cl)c2C2c3cccc4c3=C(CC(C)CC=4)C12. The minimum atomic E-state index is -0.456. The summed E-state index contributed by atoms with van der Waals surface area (Å²) in [6.07, 6.45) is 4.35. The summed E-state index contributed by atoms with van der Waals surface area (Å²) in [5.41, 5.74) is 4.47. The van der Waals surface area contributed by atoms with Crippen LogP contribution in [0, 0.1) is 11.8 Å². The highest BCUT2D eigenvalue weighted by Gasteiger charge is 2.48. The Morgan fingerprint density at radius 2 is 2.10 bits per heavy atom. The molecule has 0 bridgehead atoms. The average Bonchev–Trinajstić information content (AvgIpc) is 2.89. The lowest BCUT2D eigenvalue weighted by molar-refractivity contribution is -0.145. The van der Waals surface area contributed by atoms with Crippen LogP contribution in [0.2, 0.25) is 10.0 Å². The Balaban J connectivity index is 1.81. The number of halogens is 2. The Morgan fingerprint density at radius 3 is 2.90 bits per heavy atom. The van der Waals surface area contributed by atoms with Crippen LogP contribution in [0.5, 0.6) is 0 Å². The molecule has 2 aromatic carbocycles. The molecule has 3 nitrogen and oxygen atoms in total. The fourth-order valence-corrected chi connectivity index (χ4v) is 6.03. The molecule has 29 heavy (non-hydrogen) atoms. The minimum Gasteiger partial charge on any atom is -0.464 e. The monoisotopic (exact) mass is 427 g/mol. The standard InChI is InChI=1S/C24H23Cl2NO2/c1-3-29-24(28)23-21-16-9-12(2)7-8-13-5-4-6-15(19(13)16)20(21)22-17(26)10-14(25)11-18(22)27-23/h4-6,8,10-12,20-21,23,27H,3,7,9H2,1-2H3. The van der Waals surface area contributed by atoms with Crippen molar-refractivity contribution in [3.63, 3.8) is 0 Å². The van der Waals surface area contributed by atoms with Crippen LogP contribution in [0.4, 0.5) is 5.69 Å². The second kappa shape index (κ2) is 7.07. The summed E-state index contributed by atoms with van der Waals surface area (Å²) in [7, 11) is 0. The summed E-state index contributed by atoms with van der Waals surface area (Å²) in [4.78, 5) is 13.0. The number of carbonyl (C=O) groups excluding carboxylic acids is 1. The maximum absolute atomic E-state index is 13.0. The molecule has 150 valence electrons. The maximum atomic E-state index is 13.0. The van der Waals surface area contributed by atoms with Crippen molar-refractivity contribution in [2.75, 3.05) is 11.9 Å². The molecule has 0 saturated heterocycles. The molecule has 0 spiro atoms. The second-order valence-electron chi connectivity index (χ2n) is 8.31. The highest BCUT2D eigenvalue weighted by Crippen LogP contribution is 2.52. The van der Waals surface area contributed by atoms with Gasteiger partial charge in [0, 0.05) is 33.1 Å². The normalized spacial score (nSPS) is 26.4. The summed E-state index contributed by atoms with van der Waals surface area (Å²) < 4.78 is 5.47. The first-order chi connectivity index (χ1) is 14.0. The number of rotatable bonds is 2. The molecule has 3 aliphatic rings. The van der Waals surface area contributed by atoms with Crippen LogP contribution in [-0.4, -0.2) is 18.6 Å². The molecule has 4 unspecified atom stereocenters. The Hall–Kier alpha value is -1.97. The Labute approximate surface area is 180 Å². The zero-order valence-corrected chi connectivity index (χ0v) is 18.0. The third-order valence-corrected chi connectivity index (χ3v) is 7.00. The molecule has 0 amide bonds. The summed E-state index contributed by atoms with van der Waals surface area (Å²) in [5, 5.41) is 7.21. The Morgan fingerprint density at radius 1 is 1.28 bits per heavy atom. The van der Waals surface area contributed by atoms with Gasteiger partial charge < -0.3 is 10.1 Å². The van der Waals surface area contributed by atoms with Crippen LogP contribution >= 0.6 is 23.2 Å². The van der Waals surface area contributed by atoms with Crippen molar-refractivity contribution in [1.82, 2.24) is 0 Å². The average molecular weight is 428 g/mol. The van der Waals surface area contributed by atoms with E-state index in [0.29, 0.717) is 22.6 Å². The number of carbonyl (C=O) groups is 1. The highest BCUT2D eigenvalue weighted by molar-refractivity contribution is 6.35. The van der Waals surface area contributed by atoms with Crippen molar-refractivity contribution in [3.05, 3.63) is 61.9 Å². The molecule has 0 saturated carbocycles. The molecule has 2 aromatic rings. The van der Waals surface area contributed by atoms with Crippen LogP contribution < -0.4 is 15.8 Å². The van der Waals surface area contributed by atoms with E-state index in [1.54, 1.807) is 6.07 Å². The van der Waals surface area contributed by atoms with Crippen molar-refractivity contribution < 1.29 is 9.53 Å². The van der Waals surface area contributed by atoms with Crippen molar-refractivity contribution in [2.45, 2.75) is 38.6 Å². The zero-order chi connectivity index (χ0) is 20.3. The van der Waals surface area contributed by atoms with Gasteiger partial charge in [0.2, 0.25) is 0 Å². The third-order valence-electron chi connectivity index (χ3n) is 6.47. The van der Waals surface area contributed by atoms with Gasteiger partial charge in [0.25, 0.3) is 0 Å². The van der Waals surface area contributed by atoms with E-state index < -0.39 is 6.04 Å². The molecule has 1 heterocycles. The lowest BCUT2D eigenvalue weighted by Crippen LogP contribution is -2.44. The minimum absolute atomic E-state index is 0.00896. The Bertz CT molecular complexity index is 1140. The topological polar surface area (TPSA) is 38.3 Å². The summed E-state index contributed by atoms with van der Waals surface area (Å²) >= 11 is 13.0. The summed E-state index contributed by atoms with van der Waals surface area (Å²) in [6.45, 7) is 4.48. The van der Waals surface area contributed by atoms with E-state index in [-0.39, 0.29) is 17.8 Å². The van der Waals surface area contributed by atoms with Crippen molar-refractivity contribution in [2.24, 2.45) is 11.8 Å². The maximum Gasteiger partial charge on any atom is 0.329 e. The molecule has 0 radical (unpaired) electrons. The molecule has 1 aliphatic heterocycles. The first-order valence-electron chi connectivity index (χ1n) is 10.2. The van der Waals surface area contributed by atoms with Gasteiger partial charge in [0.05, 0.1) is 6.61 Å². The van der Waals surface area contributed by atoms with Crippen molar-refractivity contribution in [3.8, 4) is 0 Å². The van der Waals surface area contributed by atoms with E-state index in [9.17, 15) is 4.79 Å². The smallest absolute Gasteiger partial charge is 0.329 e. The number of esters is 1. The highest BCUT2D eigenvalue weighted by atomic mass is 35.5. The molecular weight excluding hydrogens is 405 g/mol. The van der Waals surface area contributed by atoms with Crippen molar-refractivity contribution in [1.29, 1.82) is 0 Å². The number of fused-ring (bicyclic) bond motifs is 5. The molecule has 5 rings (SSSR count). The van der Waals surface area contributed by atoms with E-state index >= 15 is 0 Å². The molecule has 0 fully saturated rings. The van der Waals surface area contributed by atoms with Crippen LogP contribution in [0.3, 0.4) is 0 Å². The van der Waals surface area contributed by atoms with Gasteiger partial charge in [-0.25, -0.2) is 4.79 Å². The number of nitrogens with one attached hydrogen (secondary N) is 1. The third kappa shape index (κ3) is 2.90. The van der Waals surface area contributed by atoms with Crippen molar-refractivity contribution >= 4 is 46.5 Å². The number of anilines is 1. The molecule has 2 aliphatic carbocycles. The van der Waals surface area contributed by atoms with E-state index in [0.717, 1.165) is 24.1 Å². The zero-order valence-electron chi connectivity index (χ0n) is 16.5. The van der Waals surface area contributed by atoms with E-state index in [1.165, 1.54) is 21.6 Å². The number of ether oxygens (including phenoxy) is 1. The van der Waals surface area contributed by atoms with E-state index in [1.807, 2.05) is 13.0 Å². The van der Waals surface area contributed by atoms with Crippen LogP contribution in [0.1, 0.15) is 43.7 Å². The number of benzene rings is 2.